The van der Waals surface area contributed by atoms with Crippen LogP contribution in [0.1, 0.15) is 0 Å². The molecule has 0 fully saturated rings. The lowest BCUT2D eigenvalue weighted by atomic mass is 10.5. The summed E-state index contributed by atoms with van der Waals surface area (Å²) in [5, 5.41) is 0. The average Bonchev–Trinajstić information content (AvgIpc) is 1.80. The van der Waals surface area contributed by atoms with Crippen molar-refractivity contribution in [3.63, 3.8) is 0 Å². The maximum Gasteiger partial charge on any atom is 0.262 e. The van der Waals surface area contributed by atoms with Gasteiger partial charge in [-0.05, 0) is 50.7 Å². The first-order valence-electron chi connectivity index (χ1n) is 2.24. The number of aromatic amines is 1. The lowest BCUT2D eigenvalue weighted by molar-refractivity contribution is 1.18. The van der Waals surface area contributed by atoms with Crippen molar-refractivity contribution in [2.75, 3.05) is 0 Å². The van der Waals surface area contributed by atoms with E-state index in [2.05, 4.69) is 20.9 Å². The Morgan fingerprint density at radius 1 is 1.56 bits per heavy atom. The third-order valence-electron chi connectivity index (χ3n) is 0.826. The maximum atomic E-state index is 10.7. The van der Waals surface area contributed by atoms with E-state index >= 15 is 0 Å². The summed E-state index contributed by atoms with van der Waals surface area (Å²) >= 11 is 5.11. The van der Waals surface area contributed by atoms with E-state index in [1.165, 1.54) is 0 Å². The Morgan fingerprint density at radius 3 is 2.67 bits per heavy atom. The number of pyridine rings is 1. The van der Waals surface area contributed by atoms with Gasteiger partial charge in [-0.2, -0.15) is 0 Å². The van der Waals surface area contributed by atoms with Crippen molar-refractivity contribution in [2.24, 2.45) is 0 Å². The van der Waals surface area contributed by atoms with Gasteiger partial charge in [0.15, 0.2) is 0 Å². The van der Waals surface area contributed by atoms with E-state index in [-0.39, 0.29) is 5.56 Å². The summed E-state index contributed by atoms with van der Waals surface area (Å²) in [4.78, 5) is 13.3. The van der Waals surface area contributed by atoms with Crippen LogP contribution in [0.25, 0.3) is 0 Å². The van der Waals surface area contributed by atoms with Crippen LogP contribution in [-0.2, 0) is 0 Å². The van der Waals surface area contributed by atoms with Crippen molar-refractivity contribution in [1.29, 1.82) is 0 Å². The molecule has 4 heteroatoms. The van der Waals surface area contributed by atoms with E-state index in [0.29, 0.717) is 8.17 Å². The number of hydrogen-bond acceptors (Lipinski definition) is 1. The molecule has 0 aliphatic heterocycles. The molecule has 2 nitrogen and oxygen atoms in total. The highest BCUT2D eigenvalue weighted by Crippen LogP contribution is 2.03. The monoisotopic (exact) mass is 299 g/mol. The molecule has 1 N–H and O–H groups in total. The number of hydrogen-bond donors (Lipinski definition) is 1. The third kappa shape index (κ3) is 1.79. The van der Waals surface area contributed by atoms with Gasteiger partial charge in [0.05, 0.1) is 8.17 Å². The Labute approximate surface area is 73.9 Å². The second-order valence-corrected chi connectivity index (χ2v) is 3.50. The van der Waals surface area contributed by atoms with Crippen molar-refractivity contribution < 1.29 is 0 Å². The molecule has 0 amide bonds. The van der Waals surface area contributed by atoms with Crippen LogP contribution in [0, 0.1) is 3.57 Å². The van der Waals surface area contributed by atoms with E-state index in [4.69, 9.17) is 0 Å². The summed E-state index contributed by atoms with van der Waals surface area (Å²) in [5.41, 5.74) is -0.0509. The summed E-state index contributed by atoms with van der Waals surface area (Å²) in [6.07, 6.45) is 0. The molecule has 0 aliphatic carbocycles. The van der Waals surface area contributed by atoms with Crippen molar-refractivity contribution in [3.05, 3.63) is 30.7 Å². The molecule has 0 bridgehead atoms. The zero-order chi connectivity index (χ0) is 6.85. The number of rotatable bonds is 0. The van der Waals surface area contributed by atoms with Crippen molar-refractivity contribution in [3.8, 4) is 0 Å². The molecule has 1 aromatic rings. The Morgan fingerprint density at radius 2 is 2.22 bits per heavy atom. The highest BCUT2D eigenvalue weighted by atomic mass is 127. The Kier molecular flexibility index (Phi) is 2.29. The number of nitrogens with one attached hydrogen (secondary N) is 1. The van der Waals surface area contributed by atoms with E-state index in [1.54, 1.807) is 12.1 Å². The van der Waals surface area contributed by atoms with E-state index in [0.717, 1.165) is 0 Å². The molecule has 0 atom stereocenters. The molecule has 0 aromatic carbocycles. The molecule has 48 valence electrons. The molecule has 0 unspecified atom stereocenters. The quantitative estimate of drug-likeness (QED) is 0.574. The second-order valence-electron chi connectivity index (χ2n) is 1.48. The van der Waals surface area contributed by atoms with Gasteiger partial charge in [0, 0.05) is 0 Å². The van der Waals surface area contributed by atoms with Crippen LogP contribution in [-0.4, -0.2) is 4.98 Å². The van der Waals surface area contributed by atoms with Crippen LogP contribution in [0.5, 0.6) is 0 Å². The van der Waals surface area contributed by atoms with E-state index in [1.807, 2.05) is 22.6 Å². The number of halogens is 2. The fourth-order valence-electron chi connectivity index (χ4n) is 0.432. The van der Waals surface area contributed by atoms with Crippen LogP contribution in [0.2, 0.25) is 0 Å². The fourth-order valence-corrected chi connectivity index (χ4v) is 1.06. The summed E-state index contributed by atoms with van der Waals surface area (Å²) < 4.78 is 1.42. The summed E-state index contributed by atoms with van der Waals surface area (Å²) in [5.74, 6) is 0. The lowest BCUT2D eigenvalue weighted by Crippen LogP contribution is -2.07. The van der Waals surface area contributed by atoms with Gasteiger partial charge in [-0.15, -0.1) is 0 Å². The minimum atomic E-state index is -0.0509. The zero-order valence-corrected chi connectivity index (χ0v) is 8.06. The van der Waals surface area contributed by atoms with E-state index < -0.39 is 0 Å². The Balaban J connectivity index is 3.34. The highest BCUT2D eigenvalue weighted by Gasteiger charge is 1.91. The zero-order valence-electron chi connectivity index (χ0n) is 4.32. The predicted octanol–water partition coefficient (Wildman–Crippen LogP) is 1.74. The molecule has 0 saturated heterocycles. The standard InChI is InChI=1S/C5H3BrINO/c6-4-2-1-3(7)5(9)8-4/h1-2H,(H,8,9). The number of aromatic nitrogens is 1. The summed E-state index contributed by atoms with van der Waals surface area (Å²) in [6.45, 7) is 0. The minimum Gasteiger partial charge on any atom is -0.316 e. The molecule has 1 heterocycles. The smallest absolute Gasteiger partial charge is 0.262 e. The van der Waals surface area contributed by atoms with Crippen LogP contribution < -0.4 is 5.56 Å². The van der Waals surface area contributed by atoms with Crippen molar-refractivity contribution >= 4 is 38.5 Å². The first kappa shape index (κ1) is 7.27. The predicted molar refractivity (Wildman–Crippen MR) is 47.5 cm³/mol. The second kappa shape index (κ2) is 2.83. The van der Waals surface area contributed by atoms with Gasteiger partial charge >= 0.3 is 0 Å². The van der Waals surface area contributed by atoms with Gasteiger partial charge in [0.25, 0.3) is 5.56 Å². The van der Waals surface area contributed by atoms with Gasteiger partial charge in [0.1, 0.15) is 0 Å². The molecule has 9 heavy (non-hydrogen) atoms. The molecule has 1 rings (SSSR count). The Hall–Kier alpha value is 0.160. The molecule has 1 aromatic heterocycles. The molecule has 0 radical (unpaired) electrons. The van der Waals surface area contributed by atoms with Crippen LogP contribution in [0.3, 0.4) is 0 Å². The average molecular weight is 300 g/mol. The van der Waals surface area contributed by atoms with Gasteiger partial charge < -0.3 is 4.98 Å². The van der Waals surface area contributed by atoms with Crippen molar-refractivity contribution in [1.82, 2.24) is 4.98 Å². The maximum absolute atomic E-state index is 10.7. The Bertz CT molecular complexity index is 270. The fraction of sp³-hybridized carbons (Fsp3) is 0. The van der Waals surface area contributed by atoms with Gasteiger partial charge in [-0.25, -0.2) is 0 Å². The summed E-state index contributed by atoms with van der Waals surface area (Å²) in [7, 11) is 0. The topological polar surface area (TPSA) is 32.9 Å². The van der Waals surface area contributed by atoms with Crippen molar-refractivity contribution in [2.45, 2.75) is 0 Å². The third-order valence-corrected chi connectivity index (χ3v) is 2.14. The largest absolute Gasteiger partial charge is 0.316 e. The molecular formula is C5H3BrINO. The van der Waals surface area contributed by atoms with Crippen LogP contribution >= 0.6 is 38.5 Å². The van der Waals surface area contributed by atoms with Gasteiger partial charge in [-0.3, -0.25) is 4.79 Å². The first-order chi connectivity index (χ1) is 4.20. The molecule has 0 saturated carbocycles. The molecule has 0 aliphatic rings. The lowest BCUT2D eigenvalue weighted by Gasteiger charge is -1.88. The SMILES string of the molecule is O=c1[nH]c(Br)ccc1I. The van der Waals surface area contributed by atoms with E-state index in [9.17, 15) is 4.79 Å². The van der Waals surface area contributed by atoms with Crippen LogP contribution in [0.4, 0.5) is 0 Å². The molecular weight excluding hydrogens is 297 g/mol. The normalized spacial score (nSPS) is 9.56. The van der Waals surface area contributed by atoms with Gasteiger partial charge in [0.2, 0.25) is 0 Å². The van der Waals surface area contributed by atoms with Crippen LogP contribution in [0.15, 0.2) is 21.5 Å². The highest BCUT2D eigenvalue weighted by molar-refractivity contribution is 14.1. The minimum absolute atomic E-state index is 0.0509. The van der Waals surface area contributed by atoms with Gasteiger partial charge in [-0.1, -0.05) is 0 Å². The number of H-pyrrole nitrogens is 1. The molecule has 0 spiro atoms. The summed E-state index contributed by atoms with van der Waals surface area (Å²) in [6, 6.07) is 3.55. The first-order valence-corrected chi connectivity index (χ1v) is 4.11.